The molecule has 1 amide bonds. The molecule has 0 aliphatic carbocycles. The summed E-state index contributed by atoms with van der Waals surface area (Å²) in [6, 6.07) is 11.9. The van der Waals surface area contributed by atoms with Crippen LogP contribution in [0.15, 0.2) is 53.5 Å². The van der Waals surface area contributed by atoms with Crippen molar-refractivity contribution in [2.75, 3.05) is 0 Å². The molecular weight excluding hydrogens is 409 g/mol. The van der Waals surface area contributed by atoms with Crippen LogP contribution in [0.25, 0.3) is 10.8 Å². The molecule has 8 heteroatoms. The first kappa shape index (κ1) is 20.1. The van der Waals surface area contributed by atoms with Gasteiger partial charge in [0.05, 0.1) is 35.1 Å². The number of amides is 1. The third-order valence-electron chi connectivity index (χ3n) is 5.87. The van der Waals surface area contributed by atoms with Crippen molar-refractivity contribution in [3.05, 3.63) is 92.9 Å². The largest absolute Gasteiger partial charge is 0.328 e. The summed E-state index contributed by atoms with van der Waals surface area (Å²) in [5.41, 5.74) is 3.17. The van der Waals surface area contributed by atoms with Crippen molar-refractivity contribution in [2.45, 2.75) is 39.4 Å². The molecule has 32 heavy (non-hydrogen) atoms. The molecule has 0 radical (unpaired) electrons. The molecule has 2 aromatic heterocycles. The van der Waals surface area contributed by atoms with Crippen LogP contribution in [0.4, 0.5) is 4.39 Å². The van der Waals surface area contributed by atoms with E-state index in [1.807, 2.05) is 30.7 Å². The van der Waals surface area contributed by atoms with Gasteiger partial charge < -0.3 is 4.90 Å². The van der Waals surface area contributed by atoms with E-state index in [1.54, 1.807) is 35.4 Å². The molecule has 0 saturated carbocycles. The number of hydrogen-bond donors (Lipinski definition) is 1. The number of fused-ring (bicyclic) bond motifs is 2. The third-order valence-corrected chi connectivity index (χ3v) is 5.87. The van der Waals surface area contributed by atoms with Crippen LogP contribution in [-0.4, -0.2) is 30.8 Å². The Morgan fingerprint density at radius 2 is 1.94 bits per heavy atom. The summed E-state index contributed by atoms with van der Waals surface area (Å²) in [6.45, 7) is 4.89. The minimum atomic E-state index is -0.556. The molecule has 0 atom stereocenters. The quantitative estimate of drug-likeness (QED) is 0.535. The van der Waals surface area contributed by atoms with Gasteiger partial charge in [0.25, 0.3) is 11.5 Å². The van der Waals surface area contributed by atoms with Gasteiger partial charge in [-0.1, -0.05) is 24.3 Å². The van der Waals surface area contributed by atoms with Crippen LogP contribution >= 0.6 is 0 Å². The van der Waals surface area contributed by atoms with Crippen molar-refractivity contribution < 1.29 is 9.18 Å². The smallest absolute Gasteiger partial charge is 0.272 e. The summed E-state index contributed by atoms with van der Waals surface area (Å²) in [6.07, 6.45) is 2.14. The lowest BCUT2D eigenvalue weighted by Crippen LogP contribution is -2.27. The first-order valence-electron chi connectivity index (χ1n) is 10.5. The SMILES string of the molecule is CC(C)n1ncc2c1CN(C(=O)c1cc(Cc3n[nH]c(=O)c4ccccc34)ccc1F)C2. The highest BCUT2D eigenvalue weighted by Crippen LogP contribution is 2.27. The van der Waals surface area contributed by atoms with Crippen LogP contribution in [0.2, 0.25) is 0 Å². The summed E-state index contributed by atoms with van der Waals surface area (Å²) in [4.78, 5) is 26.8. The summed E-state index contributed by atoms with van der Waals surface area (Å²) in [7, 11) is 0. The van der Waals surface area contributed by atoms with E-state index in [1.165, 1.54) is 6.07 Å². The Labute approximate surface area is 183 Å². The molecule has 7 nitrogen and oxygen atoms in total. The number of halogens is 1. The maximum absolute atomic E-state index is 14.7. The van der Waals surface area contributed by atoms with Crippen molar-refractivity contribution in [1.29, 1.82) is 0 Å². The van der Waals surface area contributed by atoms with E-state index in [4.69, 9.17) is 0 Å². The predicted octanol–water partition coefficient (Wildman–Crippen LogP) is 3.59. The molecule has 1 aliphatic rings. The summed E-state index contributed by atoms with van der Waals surface area (Å²) >= 11 is 0. The van der Waals surface area contributed by atoms with E-state index in [-0.39, 0.29) is 23.1 Å². The molecule has 2 aromatic carbocycles. The number of carbonyl (C=O) groups excluding carboxylic acids is 1. The fourth-order valence-corrected chi connectivity index (χ4v) is 4.28. The van der Waals surface area contributed by atoms with Crippen molar-refractivity contribution in [1.82, 2.24) is 24.9 Å². The lowest BCUT2D eigenvalue weighted by molar-refractivity contribution is 0.0742. The second-order valence-electron chi connectivity index (χ2n) is 8.35. The molecule has 0 spiro atoms. The number of rotatable bonds is 4. The number of nitrogens with one attached hydrogen (secondary N) is 1. The molecule has 162 valence electrons. The summed E-state index contributed by atoms with van der Waals surface area (Å²) in [5.74, 6) is -0.908. The van der Waals surface area contributed by atoms with Crippen LogP contribution in [0.3, 0.4) is 0 Å². The highest BCUT2D eigenvalue weighted by molar-refractivity contribution is 5.95. The Bertz CT molecular complexity index is 1410. The number of nitrogens with zero attached hydrogens (tertiary/aromatic N) is 4. The second-order valence-corrected chi connectivity index (χ2v) is 8.35. The van der Waals surface area contributed by atoms with Crippen molar-refractivity contribution in [3.63, 3.8) is 0 Å². The van der Waals surface area contributed by atoms with Crippen LogP contribution in [-0.2, 0) is 19.5 Å². The van der Waals surface area contributed by atoms with Crippen molar-refractivity contribution in [3.8, 4) is 0 Å². The van der Waals surface area contributed by atoms with Gasteiger partial charge in [0, 0.05) is 30.0 Å². The fraction of sp³-hybridized carbons (Fsp3) is 0.250. The second kappa shape index (κ2) is 7.71. The molecule has 4 aromatic rings. The molecule has 0 unspecified atom stereocenters. The number of H-pyrrole nitrogens is 1. The van der Waals surface area contributed by atoms with Crippen molar-refractivity contribution in [2.24, 2.45) is 0 Å². The fourth-order valence-electron chi connectivity index (χ4n) is 4.28. The Morgan fingerprint density at radius 3 is 2.72 bits per heavy atom. The van der Waals surface area contributed by atoms with E-state index >= 15 is 0 Å². The minimum Gasteiger partial charge on any atom is -0.328 e. The molecule has 1 aliphatic heterocycles. The molecule has 0 saturated heterocycles. The highest BCUT2D eigenvalue weighted by Gasteiger charge is 2.29. The average Bonchev–Trinajstić information content (AvgIpc) is 3.37. The van der Waals surface area contributed by atoms with E-state index in [0.29, 0.717) is 30.6 Å². The summed E-state index contributed by atoms with van der Waals surface area (Å²) < 4.78 is 16.6. The first-order valence-corrected chi connectivity index (χ1v) is 10.5. The van der Waals surface area contributed by atoms with E-state index in [9.17, 15) is 14.0 Å². The zero-order valence-corrected chi connectivity index (χ0v) is 17.8. The predicted molar refractivity (Wildman–Crippen MR) is 118 cm³/mol. The number of aromatic amines is 1. The topological polar surface area (TPSA) is 83.9 Å². The van der Waals surface area contributed by atoms with E-state index in [0.717, 1.165) is 22.2 Å². The average molecular weight is 431 g/mol. The Kier molecular flexibility index (Phi) is 4.84. The van der Waals surface area contributed by atoms with Gasteiger partial charge in [-0.25, -0.2) is 9.49 Å². The van der Waals surface area contributed by atoms with Gasteiger partial charge >= 0.3 is 0 Å². The number of carbonyl (C=O) groups is 1. The van der Waals surface area contributed by atoms with E-state index < -0.39 is 5.82 Å². The monoisotopic (exact) mass is 431 g/mol. The molecule has 3 heterocycles. The Morgan fingerprint density at radius 1 is 1.16 bits per heavy atom. The maximum Gasteiger partial charge on any atom is 0.272 e. The molecular formula is C24H22FN5O2. The number of benzene rings is 2. The number of aromatic nitrogens is 4. The first-order chi connectivity index (χ1) is 15.4. The highest BCUT2D eigenvalue weighted by atomic mass is 19.1. The standard InChI is InChI=1S/C24H22FN5O2/c1-14(2)30-22-13-29(12-16(22)11-26-30)24(32)19-9-15(7-8-20(19)25)10-21-17-5-3-4-6-18(17)23(31)28-27-21/h3-9,11,14H,10,12-13H2,1-2H3,(H,28,31). The van der Waals surface area contributed by atoms with Gasteiger partial charge in [-0.2, -0.15) is 10.2 Å². The van der Waals surface area contributed by atoms with Crippen LogP contribution < -0.4 is 5.56 Å². The van der Waals surface area contributed by atoms with Crippen molar-refractivity contribution >= 4 is 16.7 Å². The normalized spacial score (nSPS) is 13.2. The van der Waals surface area contributed by atoms with Gasteiger partial charge in [-0.3, -0.25) is 14.3 Å². The van der Waals surface area contributed by atoms with Gasteiger partial charge in [-0.05, 0) is 37.6 Å². The van der Waals surface area contributed by atoms with Crippen LogP contribution in [0.5, 0.6) is 0 Å². The van der Waals surface area contributed by atoms with Gasteiger partial charge in [-0.15, -0.1) is 0 Å². The third kappa shape index (κ3) is 3.37. The molecule has 5 rings (SSSR count). The maximum atomic E-state index is 14.7. The Balaban J connectivity index is 1.43. The van der Waals surface area contributed by atoms with Gasteiger partial charge in [0.1, 0.15) is 5.82 Å². The lowest BCUT2D eigenvalue weighted by Gasteiger charge is -2.18. The molecule has 0 bridgehead atoms. The zero-order valence-electron chi connectivity index (χ0n) is 17.8. The zero-order chi connectivity index (χ0) is 22.4. The molecule has 1 N–H and O–H groups in total. The van der Waals surface area contributed by atoms with Gasteiger partial charge in [0.15, 0.2) is 0 Å². The van der Waals surface area contributed by atoms with Crippen LogP contribution in [0, 0.1) is 5.82 Å². The van der Waals surface area contributed by atoms with E-state index in [2.05, 4.69) is 15.3 Å². The minimum absolute atomic E-state index is 0.0328. The van der Waals surface area contributed by atoms with Crippen LogP contribution in [0.1, 0.15) is 52.8 Å². The lowest BCUT2D eigenvalue weighted by atomic mass is 10.0. The Hall–Kier alpha value is -3.81. The summed E-state index contributed by atoms with van der Waals surface area (Å²) in [5, 5.41) is 12.4. The number of hydrogen-bond acceptors (Lipinski definition) is 4. The van der Waals surface area contributed by atoms with Gasteiger partial charge in [0.2, 0.25) is 0 Å². The molecule has 0 fully saturated rings.